The molecule has 9 nitrogen and oxygen atoms in total. The van der Waals surface area contributed by atoms with Crippen LogP contribution in [0.5, 0.6) is 0 Å². The first-order valence-corrected chi connectivity index (χ1v) is 12.3. The lowest BCUT2D eigenvalue weighted by Gasteiger charge is -2.42. The third kappa shape index (κ3) is 3.68. The van der Waals surface area contributed by atoms with Gasteiger partial charge in [-0.25, -0.2) is 15.0 Å². The number of nitrogens with two attached hydrogens (primary N) is 1. The molecule has 2 aromatic heterocycles. The Morgan fingerprint density at radius 1 is 1.07 bits per heavy atom. The molecule has 10 heteroatoms. The van der Waals surface area contributed by atoms with E-state index in [0.29, 0.717) is 27.8 Å². The average molecular weight is 424 g/mol. The van der Waals surface area contributed by atoms with Crippen molar-refractivity contribution in [1.82, 2.24) is 19.5 Å². The van der Waals surface area contributed by atoms with E-state index in [1.165, 1.54) is 12.7 Å². The zero-order chi connectivity index (χ0) is 21.5. The molecule has 0 radical (unpaired) electrons. The molecule has 3 rings (SSSR count). The number of aliphatic hydroxyl groups excluding tert-OH is 2. The molecule has 4 N–H and O–H groups in total. The predicted molar refractivity (Wildman–Crippen MR) is 113 cm³/mol. The van der Waals surface area contributed by atoms with Crippen molar-refractivity contribution in [2.24, 2.45) is 0 Å². The Bertz CT molecular complexity index is 821. The molecule has 1 saturated heterocycles. The minimum Gasteiger partial charge on any atom is -0.413 e. The van der Waals surface area contributed by atoms with Gasteiger partial charge in [-0.3, -0.25) is 4.57 Å². The smallest absolute Gasteiger partial charge is 0.200 e. The van der Waals surface area contributed by atoms with E-state index in [0.717, 1.165) is 0 Å². The SMILES string of the molecule is CC(C)[Si](OC[C@H]1O[C@@H](n2cnc3c(N)ncnc32)[C@@H](O)[C@@H]1O)(C(C)C)C(C)C. The first kappa shape index (κ1) is 22.1. The van der Waals surface area contributed by atoms with Gasteiger partial charge in [0, 0.05) is 0 Å². The summed E-state index contributed by atoms with van der Waals surface area (Å²) < 4.78 is 14.2. The molecule has 0 aliphatic carbocycles. The van der Waals surface area contributed by atoms with Crippen LogP contribution in [0.4, 0.5) is 5.82 Å². The molecule has 0 bridgehead atoms. The highest BCUT2D eigenvalue weighted by Crippen LogP contribution is 2.43. The van der Waals surface area contributed by atoms with E-state index in [2.05, 4.69) is 56.5 Å². The molecule has 1 aliphatic rings. The van der Waals surface area contributed by atoms with E-state index >= 15 is 0 Å². The Labute approximate surface area is 172 Å². The number of hydrogen-bond donors (Lipinski definition) is 3. The molecule has 0 aromatic carbocycles. The second-order valence-corrected chi connectivity index (χ2v) is 14.2. The van der Waals surface area contributed by atoms with Crippen molar-refractivity contribution in [2.45, 2.75) is 82.7 Å². The molecule has 1 aliphatic heterocycles. The van der Waals surface area contributed by atoms with Gasteiger partial charge in [-0.1, -0.05) is 41.5 Å². The van der Waals surface area contributed by atoms with Crippen molar-refractivity contribution in [2.75, 3.05) is 12.3 Å². The van der Waals surface area contributed by atoms with Crippen LogP contribution in [0.25, 0.3) is 11.2 Å². The Morgan fingerprint density at radius 3 is 2.28 bits per heavy atom. The van der Waals surface area contributed by atoms with Crippen molar-refractivity contribution in [3.63, 3.8) is 0 Å². The molecule has 3 heterocycles. The Balaban J connectivity index is 1.81. The van der Waals surface area contributed by atoms with Gasteiger partial charge in [0.1, 0.15) is 30.2 Å². The summed E-state index contributed by atoms with van der Waals surface area (Å²) in [6.07, 6.45) is -0.849. The van der Waals surface area contributed by atoms with E-state index in [-0.39, 0.29) is 12.4 Å². The highest BCUT2D eigenvalue weighted by Gasteiger charge is 2.49. The van der Waals surface area contributed by atoms with Gasteiger partial charge in [0.05, 0.1) is 12.9 Å². The summed E-state index contributed by atoms with van der Waals surface area (Å²) in [4.78, 5) is 12.3. The van der Waals surface area contributed by atoms with Gasteiger partial charge in [-0.2, -0.15) is 0 Å². The Kier molecular flexibility index (Phi) is 6.30. The topological polar surface area (TPSA) is 129 Å². The van der Waals surface area contributed by atoms with Crippen LogP contribution < -0.4 is 5.73 Å². The minimum atomic E-state index is -2.12. The summed E-state index contributed by atoms with van der Waals surface area (Å²) in [5.41, 5.74) is 7.97. The summed E-state index contributed by atoms with van der Waals surface area (Å²) >= 11 is 0. The second-order valence-electron chi connectivity index (χ2n) is 8.76. The minimum absolute atomic E-state index is 0.235. The summed E-state index contributed by atoms with van der Waals surface area (Å²) in [6, 6.07) is 0. The van der Waals surface area contributed by atoms with Crippen molar-refractivity contribution in [3.8, 4) is 0 Å². The number of nitrogen functional groups attached to an aromatic ring is 1. The summed E-state index contributed by atoms with van der Waals surface area (Å²) in [6.45, 7) is 13.5. The number of fused-ring (bicyclic) bond motifs is 1. The van der Waals surface area contributed by atoms with E-state index in [4.69, 9.17) is 14.9 Å². The average Bonchev–Trinajstić information content (AvgIpc) is 3.18. The summed E-state index contributed by atoms with van der Waals surface area (Å²) in [5, 5.41) is 21.3. The quantitative estimate of drug-likeness (QED) is 0.578. The van der Waals surface area contributed by atoms with Crippen molar-refractivity contribution in [3.05, 3.63) is 12.7 Å². The third-order valence-corrected chi connectivity index (χ3v) is 12.3. The monoisotopic (exact) mass is 423 g/mol. The lowest BCUT2D eigenvalue weighted by Crippen LogP contribution is -2.50. The van der Waals surface area contributed by atoms with E-state index in [1.54, 1.807) is 4.57 Å². The molecular weight excluding hydrogens is 390 g/mol. The van der Waals surface area contributed by atoms with Crippen molar-refractivity contribution < 1.29 is 19.4 Å². The van der Waals surface area contributed by atoms with Gasteiger partial charge in [-0.15, -0.1) is 0 Å². The number of aliphatic hydroxyl groups is 2. The number of rotatable bonds is 7. The predicted octanol–water partition coefficient (Wildman–Crippen LogP) is 2.22. The molecule has 162 valence electrons. The van der Waals surface area contributed by atoms with E-state index in [1.807, 2.05) is 0 Å². The zero-order valence-electron chi connectivity index (χ0n) is 18.0. The van der Waals surface area contributed by atoms with Gasteiger partial charge >= 0.3 is 0 Å². The number of nitrogens with zero attached hydrogens (tertiary/aromatic N) is 4. The van der Waals surface area contributed by atoms with Crippen molar-refractivity contribution in [1.29, 1.82) is 0 Å². The number of hydrogen-bond acceptors (Lipinski definition) is 8. The van der Waals surface area contributed by atoms with Crippen LogP contribution in [0, 0.1) is 0 Å². The van der Waals surface area contributed by atoms with Crippen LogP contribution in [0.15, 0.2) is 12.7 Å². The molecular formula is C19H33N5O4Si. The fraction of sp³-hybridized carbons (Fsp3) is 0.737. The molecule has 29 heavy (non-hydrogen) atoms. The van der Waals surface area contributed by atoms with Crippen LogP contribution in [-0.2, 0) is 9.16 Å². The van der Waals surface area contributed by atoms with Crippen LogP contribution in [0.3, 0.4) is 0 Å². The highest BCUT2D eigenvalue weighted by molar-refractivity contribution is 6.77. The molecule has 0 unspecified atom stereocenters. The number of ether oxygens (including phenoxy) is 1. The van der Waals surface area contributed by atoms with E-state index in [9.17, 15) is 10.2 Å². The van der Waals surface area contributed by atoms with Crippen molar-refractivity contribution >= 4 is 25.3 Å². The van der Waals surface area contributed by atoms with E-state index < -0.39 is 32.9 Å². The second kappa shape index (κ2) is 8.27. The largest absolute Gasteiger partial charge is 0.413 e. The third-order valence-electron chi connectivity index (χ3n) is 6.20. The Hall–Kier alpha value is -1.59. The van der Waals surface area contributed by atoms with Gasteiger partial charge in [0.15, 0.2) is 26.0 Å². The normalized spacial score (nSPS) is 25.8. The summed E-state index contributed by atoms with van der Waals surface area (Å²) in [5.74, 6) is 0.253. The van der Waals surface area contributed by atoms with Gasteiger partial charge in [0.25, 0.3) is 0 Å². The zero-order valence-corrected chi connectivity index (χ0v) is 19.0. The number of aromatic nitrogens is 4. The molecule has 0 saturated carbocycles. The lowest BCUT2D eigenvalue weighted by atomic mass is 10.1. The number of imidazole rings is 1. The molecule has 0 amide bonds. The van der Waals surface area contributed by atoms with Crippen LogP contribution >= 0.6 is 0 Å². The fourth-order valence-corrected chi connectivity index (χ4v) is 10.3. The fourth-order valence-electron chi connectivity index (χ4n) is 4.88. The van der Waals surface area contributed by atoms with Gasteiger partial charge in [0.2, 0.25) is 0 Å². The lowest BCUT2D eigenvalue weighted by molar-refractivity contribution is -0.0495. The van der Waals surface area contributed by atoms with Crippen LogP contribution in [-0.4, -0.2) is 63.0 Å². The highest BCUT2D eigenvalue weighted by atomic mass is 28.4. The molecule has 0 spiro atoms. The molecule has 4 atom stereocenters. The molecule has 1 fully saturated rings. The first-order chi connectivity index (χ1) is 13.6. The standard InChI is InChI=1S/C19H33N5O4Si/c1-10(2)29(11(3)4,12(5)6)27-7-13-15(25)16(26)19(28-13)24-9-23-14-17(20)21-8-22-18(14)24/h8-13,15-16,19,25-26H,7H2,1-6H3,(H2,20,21,22)/t13-,15-,16+,19-/m1/s1. The number of anilines is 1. The van der Waals surface area contributed by atoms with Gasteiger partial charge in [-0.05, 0) is 16.6 Å². The van der Waals surface area contributed by atoms with Crippen LogP contribution in [0.1, 0.15) is 47.8 Å². The maximum atomic E-state index is 10.6. The maximum Gasteiger partial charge on any atom is 0.200 e. The molecule has 2 aromatic rings. The first-order valence-electron chi connectivity index (χ1n) is 10.2. The Morgan fingerprint density at radius 2 is 1.69 bits per heavy atom. The van der Waals surface area contributed by atoms with Gasteiger partial charge < -0.3 is 25.1 Å². The summed E-state index contributed by atoms with van der Waals surface area (Å²) in [7, 11) is -2.12. The maximum absolute atomic E-state index is 10.6. The van der Waals surface area contributed by atoms with Crippen LogP contribution in [0.2, 0.25) is 16.6 Å².